The Morgan fingerprint density at radius 2 is 1.20 bits per heavy atom. The van der Waals surface area contributed by atoms with Crippen LogP contribution in [0.3, 0.4) is 0 Å². The van der Waals surface area contributed by atoms with Gasteiger partial charge in [0, 0.05) is 22.9 Å². The molecule has 4 rings (SSSR count). The molecule has 0 atom stereocenters. The van der Waals surface area contributed by atoms with Crippen LogP contribution < -0.4 is 0 Å². The highest BCUT2D eigenvalue weighted by Gasteiger charge is 2.20. The Labute approximate surface area is 141 Å². The molecule has 0 aliphatic carbocycles. The van der Waals surface area contributed by atoms with Gasteiger partial charge in [0.05, 0.1) is 26.6 Å². The molecule has 7 nitrogen and oxygen atoms in total. The third kappa shape index (κ3) is 2.29. The molecule has 0 bridgehead atoms. The van der Waals surface area contributed by atoms with Gasteiger partial charge in [0.15, 0.2) is 6.07 Å². The van der Waals surface area contributed by atoms with Gasteiger partial charge in [-0.3, -0.25) is 20.2 Å². The molecule has 0 aliphatic rings. The predicted molar refractivity (Wildman–Crippen MR) is 92.9 cm³/mol. The molecule has 7 heteroatoms. The number of aromatic nitrogens is 1. The first kappa shape index (κ1) is 14.8. The van der Waals surface area contributed by atoms with E-state index in [0.717, 1.165) is 21.8 Å². The minimum Gasteiger partial charge on any atom is -0.309 e. The number of nitro groups is 2. The zero-order valence-corrected chi connectivity index (χ0v) is 12.7. The fourth-order valence-electron chi connectivity index (χ4n) is 3.05. The summed E-state index contributed by atoms with van der Waals surface area (Å²) in [5.74, 6) is 0. The average Bonchev–Trinajstić information content (AvgIpc) is 2.96. The van der Waals surface area contributed by atoms with E-state index in [-0.39, 0.29) is 0 Å². The lowest BCUT2D eigenvalue weighted by Gasteiger charge is -2.07. The molecule has 1 aromatic heterocycles. The van der Waals surface area contributed by atoms with Gasteiger partial charge in [0.25, 0.3) is 11.4 Å². The number of fused-ring (bicyclic) bond motifs is 3. The summed E-state index contributed by atoms with van der Waals surface area (Å²) in [5.41, 5.74) is 1.11. The van der Waals surface area contributed by atoms with E-state index in [1.54, 1.807) is 4.57 Å². The summed E-state index contributed by atoms with van der Waals surface area (Å²) in [6, 6.07) is 20.0. The van der Waals surface area contributed by atoms with Crippen molar-refractivity contribution in [2.24, 2.45) is 0 Å². The fourth-order valence-corrected chi connectivity index (χ4v) is 3.05. The van der Waals surface area contributed by atoms with Gasteiger partial charge in [0.1, 0.15) is 0 Å². The third-order valence-corrected chi connectivity index (χ3v) is 4.06. The number of benzene rings is 3. The van der Waals surface area contributed by atoms with Gasteiger partial charge >= 0.3 is 0 Å². The van der Waals surface area contributed by atoms with E-state index in [1.165, 1.54) is 12.1 Å². The Bertz CT molecular complexity index is 1080. The summed E-state index contributed by atoms with van der Waals surface area (Å²) in [6.07, 6.45) is 0. The molecule has 121 valence electrons. The smallest absolute Gasteiger partial charge is 0.286 e. The summed E-state index contributed by atoms with van der Waals surface area (Å²) in [5, 5.41) is 24.3. The van der Waals surface area contributed by atoms with Gasteiger partial charge in [-0.15, -0.1) is 0 Å². The normalized spacial score (nSPS) is 11.0. The zero-order valence-electron chi connectivity index (χ0n) is 12.7. The minimum atomic E-state index is -0.676. The highest BCUT2D eigenvalue weighted by Crippen LogP contribution is 2.34. The average molecular weight is 332 g/mol. The second kappa shape index (κ2) is 5.41. The van der Waals surface area contributed by atoms with E-state index >= 15 is 0 Å². The van der Waals surface area contributed by atoms with Crippen molar-refractivity contribution in [1.29, 1.82) is 0 Å². The Balaban J connectivity index is 2.14. The molecule has 1 heterocycles. The van der Waals surface area contributed by atoms with Gasteiger partial charge in [0.2, 0.25) is 0 Å². The second-order valence-electron chi connectivity index (χ2n) is 5.49. The van der Waals surface area contributed by atoms with Crippen LogP contribution in [0.4, 0.5) is 11.4 Å². The van der Waals surface area contributed by atoms with E-state index in [9.17, 15) is 20.2 Å². The monoisotopic (exact) mass is 332 g/mol. The molecule has 0 fully saturated rings. The van der Waals surface area contributed by atoms with Crippen LogP contribution in [0.15, 0.2) is 60.7 Å². The van der Waals surface area contributed by atoms with E-state index in [1.807, 2.05) is 48.5 Å². The van der Waals surface area contributed by atoms with Crippen LogP contribution in [0, 0.1) is 26.3 Å². The molecule has 3 aromatic carbocycles. The summed E-state index contributed by atoms with van der Waals surface area (Å²) in [4.78, 5) is 21.0. The maximum atomic E-state index is 11.2. The van der Waals surface area contributed by atoms with Crippen LogP contribution in [0.5, 0.6) is 0 Å². The molecule has 0 saturated heterocycles. The van der Waals surface area contributed by atoms with Crippen LogP contribution in [-0.2, 0) is 0 Å². The standard InChI is InChI=1S/C18H10N3O4/c22-20(23)13-9-12(10-14(11-13)21(24)25)19-17-7-3-1-5-15(17)16-6-2-4-8-18(16)19/h1-10H. The highest BCUT2D eigenvalue weighted by molar-refractivity contribution is 6.09. The van der Waals surface area contributed by atoms with Crippen LogP contribution in [0.1, 0.15) is 0 Å². The molecule has 4 aromatic rings. The Morgan fingerprint density at radius 1 is 0.760 bits per heavy atom. The summed E-state index contributed by atoms with van der Waals surface area (Å²) in [6.45, 7) is 0. The van der Waals surface area contributed by atoms with E-state index in [0.29, 0.717) is 5.69 Å². The molecule has 0 N–H and O–H groups in total. The Kier molecular flexibility index (Phi) is 3.21. The van der Waals surface area contributed by atoms with Crippen molar-refractivity contribution in [3.05, 3.63) is 87.0 Å². The zero-order chi connectivity index (χ0) is 17.6. The van der Waals surface area contributed by atoms with Crippen LogP contribution in [0.2, 0.25) is 0 Å². The quantitative estimate of drug-likeness (QED) is 0.410. The van der Waals surface area contributed by atoms with E-state index < -0.39 is 21.2 Å². The Morgan fingerprint density at radius 3 is 1.64 bits per heavy atom. The number of hydrogen-bond acceptors (Lipinski definition) is 4. The number of non-ortho nitro benzene ring substituents is 2. The number of para-hydroxylation sites is 2. The van der Waals surface area contributed by atoms with Crippen molar-refractivity contribution < 1.29 is 9.85 Å². The van der Waals surface area contributed by atoms with Gasteiger partial charge in [-0.1, -0.05) is 36.4 Å². The molecule has 0 amide bonds. The van der Waals surface area contributed by atoms with Gasteiger partial charge < -0.3 is 4.57 Å². The number of hydrogen-bond donors (Lipinski definition) is 0. The van der Waals surface area contributed by atoms with Crippen molar-refractivity contribution in [2.75, 3.05) is 0 Å². The van der Waals surface area contributed by atoms with Crippen LogP contribution in [0.25, 0.3) is 27.5 Å². The first-order chi connectivity index (χ1) is 12.1. The molecule has 0 spiro atoms. The predicted octanol–water partition coefficient (Wildman–Crippen LogP) is 4.40. The lowest BCUT2D eigenvalue weighted by atomic mass is 10.2. The van der Waals surface area contributed by atoms with Crippen molar-refractivity contribution in [3.8, 4) is 5.69 Å². The van der Waals surface area contributed by atoms with Gasteiger partial charge in [-0.05, 0) is 12.1 Å². The van der Waals surface area contributed by atoms with Gasteiger partial charge in [-0.25, -0.2) is 0 Å². The fraction of sp³-hybridized carbons (Fsp3) is 0. The summed E-state index contributed by atoms with van der Waals surface area (Å²) >= 11 is 0. The summed E-state index contributed by atoms with van der Waals surface area (Å²) in [7, 11) is 0. The molecule has 25 heavy (non-hydrogen) atoms. The van der Waals surface area contributed by atoms with Crippen molar-refractivity contribution in [2.45, 2.75) is 0 Å². The van der Waals surface area contributed by atoms with E-state index in [4.69, 9.17) is 0 Å². The molecule has 0 unspecified atom stereocenters. The summed E-state index contributed by atoms with van der Waals surface area (Å²) < 4.78 is 1.79. The topological polar surface area (TPSA) is 91.2 Å². The molecule has 0 aliphatic heterocycles. The minimum absolute atomic E-state index is 0.356. The largest absolute Gasteiger partial charge is 0.309 e. The van der Waals surface area contributed by atoms with Crippen LogP contribution in [-0.4, -0.2) is 14.4 Å². The first-order valence-corrected chi connectivity index (χ1v) is 7.41. The molecule has 1 radical (unpaired) electrons. The first-order valence-electron chi connectivity index (χ1n) is 7.41. The maximum absolute atomic E-state index is 11.2. The number of nitrogens with zero attached hydrogens (tertiary/aromatic N) is 3. The molecule has 0 saturated carbocycles. The Hall–Kier alpha value is -3.74. The number of nitro benzene ring substituents is 2. The number of rotatable bonds is 3. The SMILES string of the molecule is O=[N+]([O-])c1[c]c([N+](=O)[O-])cc(-n2c3ccccc3c3ccccc32)c1. The van der Waals surface area contributed by atoms with Crippen molar-refractivity contribution in [1.82, 2.24) is 4.57 Å². The van der Waals surface area contributed by atoms with E-state index in [2.05, 4.69) is 6.07 Å². The molecular formula is C18H10N3O4. The van der Waals surface area contributed by atoms with Crippen molar-refractivity contribution >= 4 is 33.2 Å². The molecular weight excluding hydrogens is 322 g/mol. The second-order valence-corrected chi connectivity index (χ2v) is 5.49. The van der Waals surface area contributed by atoms with Crippen LogP contribution >= 0.6 is 0 Å². The lowest BCUT2D eigenvalue weighted by molar-refractivity contribution is -0.394. The lowest BCUT2D eigenvalue weighted by Crippen LogP contribution is -1.99. The maximum Gasteiger partial charge on any atom is 0.286 e. The third-order valence-electron chi connectivity index (χ3n) is 4.06. The van der Waals surface area contributed by atoms with Crippen molar-refractivity contribution in [3.63, 3.8) is 0 Å². The van der Waals surface area contributed by atoms with Gasteiger partial charge in [-0.2, -0.15) is 0 Å². The highest BCUT2D eigenvalue weighted by atomic mass is 16.6.